The number of fused-ring (bicyclic) bond motifs is 1. The summed E-state index contributed by atoms with van der Waals surface area (Å²) in [6, 6.07) is 9.24. The Morgan fingerprint density at radius 2 is 2.11 bits per heavy atom. The van der Waals surface area contributed by atoms with Crippen LogP contribution in [0.1, 0.15) is 25.5 Å². The number of nitrogens with zero attached hydrogens (tertiary/aromatic N) is 1. The molecular weight excluding hydrogens is 240 g/mol. The monoisotopic (exact) mass is 258 g/mol. The van der Waals surface area contributed by atoms with E-state index in [1.54, 1.807) is 6.20 Å². The number of para-hydroxylation sites is 1. The van der Waals surface area contributed by atoms with E-state index in [0.717, 1.165) is 16.5 Å². The predicted octanol–water partition coefficient (Wildman–Crippen LogP) is 2.45. The van der Waals surface area contributed by atoms with Crippen LogP contribution in [0, 0.1) is 0 Å². The normalized spacial score (nSPS) is 12.3. The second-order valence-electron chi connectivity index (χ2n) is 4.17. The number of hydrogen-bond acceptors (Lipinski definition) is 4. The van der Waals surface area contributed by atoms with E-state index in [2.05, 4.69) is 10.3 Å². The van der Waals surface area contributed by atoms with E-state index in [9.17, 15) is 4.79 Å². The van der Waals surface area contributed by atoms with Gasteiger partial charge in [0.25, 0.3) is 0 Å². The highest BCUT2D eigenvalue weighted by molar-refractivity contribution is 5.88. The van der Waals surface area contributed by atoms with Gasteiger partial charge in [-0.25, -0.2) is 4.79 Å². The SMILES string of the molecule is CCNC(C(=O)OCC)c1cccc2cccnc12. The van der Waals surface area contributed by atoms with Gasteiger partial charge in [0, 0.05) is 17.1 Å². The molecule has 0 fully saturated rings. The maximum Gasteiger partial charge on any atom is 0.327 e. The number of esters is 1. The number of carbonyl (C=O) groups is 1. The molecule has 1 atom stereocenters. The number of carbonyl (C=O) groups excluding carboxylic acids is 1. The number of pyridine rings is 1. The number of aromatic nitrogens is 1. The Balaban J connectivity index is 2.46. The molecule has 1 heterocycles. The minimum absolute atomic E-state index is 0.262. The molecular formula is C15H18N2O2. The molecule has 0 amide bonds. The Morgan fingerprint density at radius 1 is 1.32 bits per heavy atom. The summed E-state index contributed by atoms with van der Waals surface area (Å²) in [6.45, 7) is 4.83. The average molecular weight is 258 g/mol. The number of hydrogen-bond donors (Lipinski definition) is 1. The Labute approximate surface area is 112 Å². The quantitative estimate of drug-likeness (QED) is 0.837. The first-order valence-corrected chi connectivity index (χ1v) is 6.51. The molecule has 1 aromatic carbocycles. The summed E-state index contributed by atoms with van der Waals surface area (Å²) in [6.07, 6.45) is 1.74. The first-order valence-electron chi connectivity index (χ1n) is 6.51. The Hall–Kier alpha value is -1.94. The first-order chi connectivity index (χ1) is 9.27. The molecule has 100 valence electrons. The maximum atomic E-state index is 12.1. The van der Waals surface area contributed by atoms with Crippen LogP contribution in [-0.4, -0.2) is 24.1 Å². The largest absolute Gasteiger partial charge is 0.465 e. The van der Waals surface area contributed by atoms with Gasteiger partial charge in [0.2, 0.25) is 0 Å². The van der Waals surface area contributed by atoms with Crippen molar-refractivity contribution in [3.8, 4) is 0 Å². The van der Waals surface area contributed by atoms with Gasteiger partial charge in [-0.1, -0.05) is 31.2 Å². The lowest BCUT2D eigenvalue weighted by Crippen LogP contribution is -2.30. The fourth-order valence-corrected chi connectivity index (χ4v) is 2.11. The summed E-state index contributed by atoms with van der Waals surface area (Å²) < 4.78 is 5.13. The highest BCUT2D eigenvalue weighted by Gasteiger charge is 2.23. The third-order valence-corrected chi connectivity index (χ3v) is 2.91. The van der Waals surface area contributed by atoms with Crippen LogP contribution in [0.2, 0.25) is 0 Å². The van der Waals surface area contributed by atoms with Crippen molar-refractivity contribution in [3.05, 3.63) is 42.1 Å². The number of likely N-dealkylation sites (N-methyl/N-ethyl adjacent to an activating group) is 1. The lowest BCUT2D eigenvalue weighted by Gasteiger charge is -2.17. The number of benzene rings is 1. The van der Waals surface area contributed by atoms with Gasteiger partial charge in [0.15, 0.2) is 0 Å². The highest BCUT2D eigenvalue weighted by atomic mass is 16.5. The van der Waals surface area contributed by atoms with Crippen LogP contribution in [-0.2, 0) is 9.53 Å². The van der Waals surface area contributed by atoms with Gasteiger partial charge in [-0.2, -0.15) is 0 Å². The topological polar surface area (TPSA) is 51.2 Å². The van der Waals surface area contributed by atoms with Crippen molar-refractivity contribution < 1.29 is 9.53 Å². The fraction of sp³-hybridized carbons (Fsp3) is 0.333. The molecule has 0 aliphatic heterocycles. The van der Waals surface area contributed by atoms with Gasteiger partial charge >= 0.3 is 5.97 Å². The van der Waals surface area contributed by atoms with Crippen molar-refractivity contribution in [2.24, 2.45) is 0 Å². The van der Waals surface area contributed by atoms with E-state index >= 15 is 0 Å². The van der Waals surface area contributed by atoms with Crippen LogP contribution in [0.15, 0.2) is 36.5 Å². The Bertz CT molecular complexity index is 564. The van der Waals surface area contributed by atoms with Crippen molar-refractivity contribution in [1.29, 1.82) is 0 Å². The van der Waals surface area contributed by atoms with E-state index < -0.39 is 6.04 Å². The number of rotatable bonds is 5. The minimum atomic E-state index is -0.469. The molecule has 2 rings (SSSR count). The summed E-state index contributed by atoms with van der Waals surface area (Å²) >= 11 is 0. The molecule has 1 N–H and O–H groups in total. The van der Waals surface area contributed by atoms with Gasteiger partial charge in [-0.15, -0.1) is 0 Å². The minimum Gasteiger partial charge on any atom is -0.465 e. The van der Waals surface area contributed by atoms with E-state index in [1.807, 2.05) is 44.2 Å². The number of ether oxygens (including phenoxy) is 1. The molecule has 0 saturated carbocycles. The molecule has 4 nitrogen and oxygen atoms in total. The maximum absolute atomic E-state index is 12.1. The smallest absolute Gasteiger partial charge is 0.327 e. The Kier molecular flexibility index (Phi) is 4.47. The summed E-state index contributed by atoms with van der Waals surface area (Å²) in [5, 5.41) is 4.18. The second kappa shape index (κ2) is 6.29. The Morgan fingerprint density at radius 3 is 2.84 bits per heavy atom. The van der Waals surface area contributed by atoms with Crippen LogP contribution >= 0.6 is 0 Å². The molecule has 4 heteroatoms. The predicted molar refractivity (Wildman–Crippen MR) is 74.8 cm³/mol. The van der Waals surface area contributed by atoms with Gasteiger partial charge < -0.3 is 10.1 Å². The molecule has 1 aromatic heterocycles. The summed E-state index contributed by atoms with van der Waals surface area (Å²) in [7, 11) is 0. The van der Waals surface area contributed by atoms with Crippen LogP contribution in [0.4, 0.5) is 0 Å². The molecule has 19 heavy (non-hydrogen) atoms. The summed E-state index contributed by atoms with van der Waals surface area (Å²) in [5.41, 5.74) is 1.70. The van der Waals surface area contributed by atoms with Gasteiger partial charge in [-0.3, -0.25) is 4.98 Å². The highest BCUT2D eigenvalue weighted by Crippen LogP contribution is 2.23. The molecule has 0 aliphatic rings. The summed E-state index contributed by atoms with van der Waals surface area (Å²) in [5.74, 6) is -0.262. The zero-order chi connectivity index (χ0) is 13.7. The molecule has 0 spiro atoms. The van der Waals surface area contributed by atoms with Crippen LogP contribution in [0.5, 0.6) is 0 Å². The van der Waals surface area contributed by atoms with Crippen LogP contribution < -0.4 is 5.32 Å². The average Bonchev–Trinajstić information content (AvgIpc) is 2.44. The lowest BCUT2D eigenvalue weighted by atomic mass is 10.0. The van der Waals surface area contributed by atoms with E-state index in [4.69, 9.17) is 4.74 Å². The van der Waals surface area contributed by atoms with Crippen molar-refractivity contribution in [2.45, 2.75) is 19.9 Å². The summed E-state index contributed by atoms with van der Waals surface area (Å²) in [4.78, 5) is 16.4. The van der Waals surface area contributed by atoms with Gasteiger partial charge in [0.05, 0.1) is 12.1 Å². The fourth-order valence-electron chi connectivity index (χ4n) is 2.11. The zero-order valence-corrected chi connectivity index (χ0v) is 11.2. The standard InChI is InChI=1S/C15H18N2O2/c1-3-16-14(15(18)19-4-2)12-9-5-7-11-8-6-10-17-13(11)12/h5-10,14,16H,3-4H2,1-2H3. The van der Waals surface area contributed by atoms with Gasteiger partial charge in [-0.05, 0) is 19.5 Å². The van der Waals surface area contributed by atoms with Crippen LogP contribution in [0.3, 0.4) is 0 Å². The lowest BCUT2D eigenvalue weighted by molar-refractivity contribution is -0.145. The molecule has 0 saturated heterocycles. The third kappa shape index (κ3) is 2.90. The first kappa shape index (κ1) is 13.5. The van der Waals surface area contributed by atoms with Crippen molar-refractivity contribution >= 4 is 16.9 Å². The molecule has 0 bridgehead atoms. The zero-order valence-electron chi connectivity index (χ0n) is 11.2. The van der Waals surface area contributed by atoms with Gasteiger partial charge in [0.1, 0.15) is 6.04 Å². The third-order valence-electron chi connectivity index (χ3n) is 2.91. The van der Waals surface area contributed by atoms with E-state index in [0.29, 0.717) is 13.2 Å². The van der Waals surface area contributed by atoms with E-state index in [1.165, 1.54) is 0 Å². The van der Waals surface area contributed by atoms with Crippen molar-refractivity contribution in [3.63, 3.8) is 0 Å². The van der Waals surface area contributed by atoms with Crippen molar-refractivity contribution in [2.75, 3.05) is 13.2 Å². The molecule has 1 unspecified atom stereocenters. The van der Waals surface area contributed by atoms with Crippen LogP contribution in [0.25, 0.3) is 10.9 Å². The molecule has 0 aliphatic carbocycles. The van der Waals surface area contributed by atoms with Crippen molar-refractivity contribution in [1.82, 2.24) is 10.3 Å². The molecule has 2 aromatic rings. The van der Waals surface area contributed by atoms with E-state index in [-0.39, 0.29) is 5.97 Å². The second-order valence-corrected chi connectivity index (χ2v) is 4.17. The molecule has 0 radical (unpaired) electrons. The number of nitrogens with one attached hydrogen (secondary N) is 1.